The van der Waals surface area contributed by atoms with E-state index in [-0.39, 0.29) is 0 Å². The molecular formula is C14H15N3S. The number of hydrogen-bond donors (Lipinski definition) is 1. The Morgan fingerprint density at radius 1 is 1.28 bits per heavy atom. The van der Waals surface area contributed by atoms with Crippen LogP contribution in [0.15, 0.2) is 42.6 Å². The van der Waals surface area contributed by atoms with Crippen molar-refractivity contribution in [2.45, 2.75) is 6.92 Å². The van der Waals surface area contributed by atoms with Crippen molar-refractivity contribution in [3.8, 4) is 0 Å². The molecule has 2 N–H and O–H groups in total. The minimum absolute atomic E-state index is 0.368. The highest BCUT2D eigenvalue weighted by molar-refractivity contribution is 7.80. The molecule has 18 heavy (non-hydrogen) atoms. The van der Waals surface area contributed by atoms with E-state index in [1.165, 1.54) is 5.56 Å². The molecule has 3 nitrogen and oxygen atoms in total. The van der Waals surface area contributed by atoms with E-state index in [1.807, 2.05) is 30.1 Å². The number of rotatable bonds is 3. The van der Waals surface area contributed by atoms with E-state index >= 15 is 0 Å². The summed E-state index contributed by atoms with van der Waals surface area (Å²) in [6.45, 7) is 2.07. The molecule has 0 fully saturated rings. The van der Waals surface area contributed by atoms with Crippen LogP contribution < -0.4 is 10.6 Å². The van der Waals surface area contributed by atoms with Gasteiger partial charge < -0.3 is 10.6 Å². The molecule has 0 saturated carbocycles. The Bertz CT molecular complexity index is 564. The molecule has 0 atom stereocenters. The van der Waals surface area contributed by atoms with E-state index < -0.39 is 0 Å². The second-order valence-electron chi connectivity index (χ2n) is 4.17. The topological polar surface area (TPSA) is 42.1 Å². The molecule has 0 unspecified atom stereocenters. The first kappa shape index (κ1) is 12.5. The lowest BCUT2D eigenvalue weighted by molar-refractivity contribution is 1.12. The van der Waals surface area contributed by atoms with Gasteiger partial charge in [-0.1, -0.05) is 24.4 Å². The molecule has 0 aliphatic carbocycles. The van der Waals surface area contributed by atoms with E-state index in [9.17, 15) is 0 Å². The highest BCUT2D eigenvalue weighted by Gasteiger charge is 2.05. The van der Waals surface area contributed by atoms with Crippen molar-refractivity contribution >= 4 is 28.7 Å². The fourth-order valence-electron chi connectivity index (χ4n) is 1.70. The maximum atomic E-state index is 5.55. The molecule has 0 aliphatic rings. The normalized spacial score (nSPS) is 10.1. The summed E-state index contributed by atoms with van der Waals surface area (Å²) in [7, 11) is 1.98. The van der Waals surface area contributed by atoms with E-state index in [2.05, 4.69) is 30.1 Å². The summed E-state index contributed by atoms with van der Waals surface area (Å²) in [5.74, 6) is 0.862. The van der Waals surface area contributed by atoms with Crippen molar-refractivity contribution in [1.29, 1.82) is 0 Å². The van der Waals surface area contributed by atoms with Crippen LogP contribution in [0, 0.1) is 6.92 Å². The molecule has 0 aliphatic heterocycles. The fraction of sp³-hybridized carbons (Fsp3) is 0.143. The monoisotopic (exact) mass is 257 g/mol. The first-order valence-electron chi connectivity index (χ1n) is 5.64. The van der Waals surface area contributed by atoms with Crippen LogP contribution in [0.3, 0.4) is 0 Å². The third kappa shape index (κ3) is 2.65. The van der Waals surface area contributed by atoms with Crippen molar-refractivity contribution in [1.82, 2.24) is 4.98 Å². The second kappa shape index (κ2) is 5.14. The molecule has 1 heterocycles. The van der Waals surface area contributed by atoms with Gasteiger partial charge in [0.05, 0.1) is 0 Å². The molecule has 0 bridgehead atoms. The minimum Gasteiger partial charge on any atom is -0.389 e. The molecule has 0 amide bonds. The maximum Gasteiger partial charge on any atom is 0.132 e. The van der Waals surface area contributed by atoms with E-state index in [4.69, 9.17) is 18.0 Å². The van der Waals surface area contributed by atoms with Gasteiger partial charge in [0.15, 0.2) is 0 Å². The van der Waals surface area contributed by atoms with Crippen molar-refractivity contribution in [3.05, 3.63) is 53.7 Å². The predicted molar refractivity (Wildman–Crippen MR) is 79.4 cm³/mol. The zero-order chi connectivity index (χ0) is 13.1. The Kier molecular flexibility index (Phi) is 3.58. The van der Waals surface area contributed by atoms with Crippen LogP contribution >= 0.6 is 12.2 Å². The number of anilines is 2. The van der Waals surface area contributed by atoms with Gasteiger partial charge in [-0.3, -0.25) is 0 Å². The van der Waals surface area contributed by atoms with Gasteiger partial charge in [-0.05, 0) is 36.8 Å². The Labute approximate surface area is 112 Å². The summed E-state index contributed by atoms with van der Waals surface area (Å²) in [6.07, 6.45) is 1.70. The van der Waals surface area contributed by atoms with E-state index in [0.29, 0.717) is 4.99 Å². The van der Waals surface area contributed by atoms with E-state index in [1.54, 1.807) is 6.20 Å². The highest BCUT2D eigenvalue weighted by Crippen LogP contribution is 2.22. The van der Waals surface area contributed by atoms with Crippen LogP contribution in [0.25, 0.3) is 0 Å². The first-order valence-corrected chi connectivity index (χ1v) is 6.05. The lowest BCUT2D eigenvalue weighted by Crippen LogP contribution is -2.13. The molecular weight excluding hydrogens is 242 g/mol. The van der Waals surface area contributed by atoms with Gasteiger partial charge in [0, 0.05) is 24.5 Å². The highest BCUT2D eigenvalue weighted by atomic mass is 32.1. The first-order chi connectivity index (χ1) is 8.58. The average Bonchev–Trinajstić information content (AvgIpc) is 2.38. The lowest BCUT2D eigenvalue weighted by atomic mass is 10.2. The van der Waals surface area contributed by atoms with Crippen molar-refractivity contribution < 1.29 is 0 Å². The quantitative estimate of drug-likeness (QED) is 0.859. The van der Waals surface area contributed by atoms with E-state index in [0.717, 1.165) is 17.1 Å². The molecule has 0 saturated heterocycles. The fourth-order valence-corrected chi connectivity index (χ4v) is 1.82. The number of aryl methyl sites for hydroxylation is 1. The van der Waals surface area contributed by atoms with Crippen molar-refractivity contribution in [2.24, 2.45) is 5.73 Å². The Balaban J connectivity index is 2.28. The molecule has 2 rings (SSSR count). The molecule has 1 aromatic heterocycles. The number of nitrogens with zero attached hydrogens (tertiary/aromatic N) is 2. The van der Waals surface area contributed by atoms with Gasteiger partial charge in [0.25, 0.3) is 0 Å². The standard InChI is InChI=1S/C14H15N3S/c1-10-4-3-5-12(8-10)17(2)13-7-6-11(9-16-13)14(15)18/h3-9H,1-2H3,(H2,15,18). The zero-order valence-corrected chi connectivity index (χ0v) is 11.2. The molecule has 1 aromatic carbocycles. The number of hydrogen-bond acceptors (Lipinski definition) is 3. The van der Waals surface area contributed by atoms with Crippen LogP contribution in [0.4, 0.5) is 11.5 Å². The van der Waals surface area contributed by atoms with Crippen LogP contribution in [-0.4, -0.2) is 17.0 Å². The molecule has 4 heteroatoms. The zero-order valence-electron chi connectivity index (χ0n) is 10.4. The van der Waals surface area contributed by atoms with Crippen LogP contribution in [0.2, 0.25) is 0 Å². The van der Waals surface area contributed by atoms with Gasteiger partial charge in [-0.25, -0.2) is 4.98 Å². The summed E-state index contributed by atoms with van der Waals surface area (Å²) >= 11 is 4.91. The van der Waals surface area contributed by atoms with Gasteiger partial charge in [-0.15, -0.1) is 0 Å². The molecule has 92 valence electrons. The maximum absolute atomic E-state index is 5.55. The number of nitrogens with two attached hydrogens (primary N) is 1. The summed E-state index contributed by atoms with van der Waals surface area (Å²) < 4.78 is 0. The summed E-state index contributed by atoms with van der Waals surface area (Å²) in [6, 6.07) is 12.1. The molecule has 0 spiro atoms. The third-order valence-corrected chi connectivity index (χ3v) is 3.00. The van der Waals surface area contributed by atoms with Crippen LogP contribution in [0.1, 0.15) is 11.1 Å². The molecule has 2 aromatic rings. The minimum atomic E-state index is 0.368. The van der Waals surface area contributed by atoms with Gasteiger partial charge in [0.2, 0.25) is 0 Å². The molecule has 0 radical (unpaired) electrons. The Morgan fingerprint density at radius 3 is 2.61 bits per heavy atom. The van der Waals surface area contributed by atoms with Gasteiger partial charge in [0.1, 0.15) is 10.8 Å². The lowest BCUT2D eigenvalue weighted by Gasteiger charge is -2.18. The summed E-state index contributed by atoms with van der Waals surface area (Å²) in [5, 5.41) is 0. The number of aromatic nitrogens is 1. The van der Waals surface area contributed by atoms with Gasteiger partial charge >= 0.3 is 0 Å². The van der Waals surface area contributed by atoms with Crippen molar-refractivity contribution in [2.75, 3.05) is 11.9 Å². The number of thiocarbonyl (C=S) groups is 1. The Hall–Kier alpha value is -1.94. The van der Waals surface area contributed by atoms with Gasteiger partial charge in [-0.2, -0.15) is 0 Å². The largest absolute Gasteiger partial charge is 0.389 e. The van der Waals surface area contributed by atoms with Crippen LogP contribution in [0.5, 0.6) is 0 Å². The average molecular weight is 257 g/mol. The third-order valence-electron chi connectivity index (χ3n) is 2.76. The second-order valence-corrected chi connectivity index (χ2v) is 4.61. The summed E-state index contributed by atoms with van der Waals surface area (Å²) in [5.41, 5.74) is 8.66. The van der Waals surface area contributed by atoms with Crippen molar-refractivity contribution in [3.63, 3.8) is 0 Å². The summed E-state index contributed by atoms with van der Waals surface area (Å²) in [4.78, 5) is 6.76. The smallest absolute Gasteiger partial charge is 0.132 e. The number of benzene rings is 1. The van der Waals surface area contributed by atoms with Crippen LogP contribution in [-0.2, 0) is 0 Å². The SMILES string of the molecule is Cc1cccc(N(C)c2ccc(C(N)=S)cn2)c1. The predicted octanol–water partition coefficient (Wildman–Crippen LogP) is 2.79. The Morgan fingerprint density at radius 2 is 2.06 bits per heavy atom. The number of pyridine rings is 1.